The number of carbonyl (C=O) groups excluding carboxylic acids is 1. The van der Waals surface area contributed by atoms with E-state index in [4.69, 9.17) is 10.5 Å². The minimum atomic E-state index is -0.515. The highest BCUT2D eigenvalue weighted by Crippen LogP contribution is 2.17. The molecule has 0 saturated carbocycles. The van der Waals surface area contributed by atoms with E-state index in [0.717, 1.165) is 23.9 Å². The summed E-state index contributed by atoms with van der Waals surface area (Å²) in [7, 11) is 0. The van der Waals surface area contributed by atoms with Gasteiger partial charge in [0.1, 0.15) is 0 Å². The van der Waals surface area contributed by atoms with E-state index in [-0.39, 0.29) is 17.5 Å². The third-order valence-electron chi connectivity index (χ3n) is 4.39. The van der Waals surface area contributed by atoms with Gasteiger partial charge in [0.2, 0.25) is 5.91 Å². The maximum atomic E-state index is 12.1. The Bertz CT molecular complexity index is 730. The lowest BCUT2D eigenvalue weighted by Gasteiger charge is -2.26. The fourth-order valence-electron chi connectivity index (χ4n) is 3.03. The van der Waals surface area contributed by atoms with Gasteiger partial charge < -0.3 is 20.8 Å². The van der Waals surface area contributed by atoms with Gasteiger partial charge in [-0.1, -0.05) is 12.1 Å². The lowest BCUT2D eigenvalue weighted by Crippen LogP contribution is -2.47. The van der Waals surface area contributed by atoms with E-state index >= 15 is 0 Å². The summed E-state index contributed by atoms with van der Waals surface area (Å²) in [4.78, 5) is 26.9. The molecule has 0 bridgehead atoms. The van der Waals surface area contributed by atoms with Crippen LogP contribution in [0.15, 0.2) is 29.1 Å². The van der Waals surface area contributed by atoms with Gasteiger partial charge in [-0.25, -0.2) is 4.79 Å². The van der Waals surface area contributed by atoms with Gasteiger partial charge >= 0.3 is 5.69 Å². The Labute approximate surface area is 133 Å². The van der Waals surface area contributed by atoms with Crippen molar-refractivity contribution in [2.24, 2.45) is 11.7 Å². The summed E-state index contributed by atoms with van der Waals surface area (Å²) in [5, 5.41) is 2.83. The van der Waals surface area contributed by atoms with Crippen LogP contribution in [0.1, 0.15) is 12.8 Å². The lowest BCUT2D eigenvalue weighted by molar-refractivity contribution is -0.124. The molecule has 1 aliphatic rings. The number of nitrogens with one attached hydrogen (secondary N) is 2. The van der Waals surface area contributed by atoms with E-state index < -0.39 is 6.04 Å². The number of carbonyl (C=O) groups is 1. The molecule has 0 radical (unpaired) electrons. The van der Waals surface area contributed by atoms with Crippen LogP contribution in [-0.4, -0.2) is 41.3 Å². The molecule has 1 aromatic carbocycles. The Balaban J connectivity index is 1.57. The third kappa shape index (κ3) is 3.46. The second-order valence-corrected chi connectivity index (χ2v) is 5.87. The fourth-order valence-corrected chi connectivity index (χ4v) is 3.03. The highest BCUT2D eigenvalue weighted by atomic mass is 16.5. The minimum Gasteiger partial charge on any atom is -0.381 e. The summed E-state index contributed by atoms with van der Waals surface area (Å²) in [6.45, 7) is 2.11. The molecule has 7 nitrogen and oxygen atoms in total. The first-order valence-corrected chi connectivity index (χ1v) is 7.95. The van der Waals surface area contributed by atoms with Crippen molar-refractivity contribution in [3.05, 3.63) is 34.7 Å². The van der Waals surface area contributed by atoms with Gasteiger partial charge in [-0.05, 0) is 30.9 Å². The van der Waals surface area contributed by atoms with Crippen LogP contribution in [0.4, 0.5) is 0 Å². The molecule has 7 heteroatoms. The summed E-state index contributed by atoms with van der Waals surface area (Å²) < 4.78 is 6.91. The standard InChI is InChI=1S/C16H22N4O3/c17-14(11-5-9-23-10-6-11)15(21)18-7-8-20-13-4-2-1-3-12(13)19-16(20)22/h1-4,11,14H,5-10,17H2,(H,18,21)(H,19,22). The van der Waals surface area contributed by atoms with E-state index in [2.05, 4.69) is 10.3 Å². The minimum absolute atomic E-state index is 0.162. The monoisotopic (exact) mass is 318 g/mol. The quantitative estimate of drug-likeness (QED) is 0.733. The molecule has 124 valence electrons. The number of aromatic nitrogens is 2. The van der Waals surface area contributed by atoms with Crippen molar-refractivity contribution in [1.82, 2.24) is 14.9 Å². The first-order chi connectivity index (χ1) is 11.2. The van der Waals surface area contributed by atoms with Crippen LogP contribution in [0.2, 0.25) is 0 Å². The van der Waals surface area contributed by atoms with Crippen LogP contribution in [0, 0.1) is 5.92 Å². The zero-order valence-corrected chi connectivity index (χ0v) is 13.0. The number of nitrogens with two attached hydrogens (primary N) is 1. The molecular weight excluding hydrogens is 296 g/mol. The summed E-state index contributed by atoms with van der Waals surface area (Å²) in [6.07, 6.45) is 1.63. The Morgan fingerprint density at radius 3 is 2.91 bits per heavy atom. The molecule has 1 saturated heterocycles. The number of H-pyrrole nitrogens is 1. The van der Waals surface area contributed by atoms with Crippen LogP contribution >= 0.6 is 0 Å². The molecule has 1 fully saturated rings. The Kier molecular flexibility index (Phi) is 4.78. The molecule has 0 aliphatic carbocycles. The molecule has 3 rings (SSSR count). The first kappa shape index (κ1) is 15.8. The number of imidazole rings is 1. The van der Waals surface area contributed by atoms with Gasteiger partial charge in [-0.15, -0.1) is 0 Å². The topological polar surface area (TPSA) is 102 Å². The smallest absolute Gasteiger partial charge is 0.326 e. The number of rotatable bonds is 5. The summed E-state index contributed by atoms with van der Waals surface area (Å²) in [5.41, 5.74) is 7.49. The van der Waals surface area contributed by atoms with E-state index in [1.165, 1.54) is 0 Å². The van der Waals surface area contributed by atoms with Crippen molar-refractivity contribution in [2.75, 3.05) is 19.8 Å². The molecule has 1 aromatic heterocycles. The number of amides is 1. The number of hydrogen-bond donors (Lipinski definition) is 3. The Morgan fingerprint density at radius 1 is 1.39 bits per heavy atom. The second kappa shape index (κ2) is 6.97. The number of aromatic amines is 1. The lowest BCUT2D eigenvalue weighted by atomic mass is 9.92. The van der Waals surface area contributed by atoms with Crippen molar-refractivity contribution < 1.29 is 9.53 Å². The fraction of sp³-hybridized carbons (Fsp3) is 0.500. The molecule has 23 heavy (non-hydrogen) atoms. The van der Waals surface area contributed by atoms with Crippen LogP contribution < -0.4 is 16.7 Å². The number of nitrogens with zero attached hydrogens (tertiary/aromatic N) is 1. The number of para-hydroxylation sites is 2. The molecule has 2 heterocycles. The van der Waals surface area contributed by atoms with Crippen LogP contribution in [0.3, 0.4) is 0 Å². The molecular formula is C16H22N4O3. The highest BCUT2D eigenvalue weighted by Gasteiger charge is 2.26. The van der Waals surface area contributed by atoms with Gasteiger partial charge in [0, 0.05) is 26.3 Å². The van der Waals surface area contributed by atoms with Gasteiger partial charge in [-0.3, -0.25) is 9.36 Å². The average molecular weight is 318 g/mol. The van der Waals surface area contributed by atoms with Gasteiger partial charge in [0.25, 0.3) is 0 Å². The number of ether oxygens (including phenoxy) is 1. The molecule has 2 aromatic rings. The molecule has 1 unspecified atom stereocenters. The van der Waals surface area contributed by atoms with Crippen LogP contribution in [-0.2, 0) is 16.1 Å². The first-order valence-electron chi connectivity index (χ1n) is 7.95. The summed E-state index contributed by atoms with van der Waals surface area (Å²) >= 11 is 0. The predicted octanol–water partition coefficient (Wildman–Crippen LogP) is 0.200. The van der Waals surface area contributed by atoms with E-state index in [0.29, 0.717) is 26.3 Å². The normalized spacial score (nSPS) is 17.3. The SMILES string of the molecule is NC(C(=O)NCCn1c(=O)[nH]c2ccccc21)C1CCOCC1. The predicted molar refractivity (Wildman–Crippen MR) is 87.1 cm³/mol. The van der Waals surface area contributed by atoms with Crippen molar-refractivity contribution in [3.8, 4) is 0 Å². The van der Waals surface area contributed by atoms with Crippen molar-refractivity contribution in [1.29, 1.82) is 0 Å². The van der Waals surface area contributed by atoms with E-state index in [1.807, 2.05) is 24.3 Å². The molecule has 1 amide bonds. The number of fused-ring (bicyclic) bond motifs is 1. The number of benzene rings is 1. The molecule has 1 aliphatic heterocycles. The van der Waals surface area contributed by atoms with E-state index in [1.54, 1.807) is 4.57 Å². The van der Waals surface area contributed by atoms with Crippen LogP contribution in [0.25, 0.3) is 11.0 Å². The summed E-state index contributed by atoms with van der Waals surface area (Å²) in [5.74, 6) is 0.00403. The Morgan fingerprint density at radius 2 is 2.13 bits per heavy atom. The van der Waals surface area contributed by atoms with Gasteiger partial charge in [0.15, 0.2) is 0 Å². The zero-order valence-electron chi connectivity index (χ0n) is 13.0. The Hall–Kier alpha value is -2.12. The molecule has 4 N–H and O–H groups in total. The summed E-state index contributed by atoms with van der Waals surface area (Å²) in [6, 6.07) is 6.97. The number of hydrogen-bond acceptors (Lipinski definition) is 4. The third-order valence-corrected chi connectivity index (χ3v) is 4.39. The highest BCUT2D eigenvalue weighted by molar-refractivity contribution is 5.81. The van der Waals surface area contributed by atoms with Crippen LogP contribution in [0.5, 0.6) is 0 Å². The second-order valence-electron chi connectivity index (χ2n) is 5.87. The molecule has 0 spiro atoms. The van der Waals surface area contributed by atoms with Crippen molar-refractivity contribution >= 4 is 16.9 Å². The van der Waals surface area contributed by atoms with Crippen molar-refractivity contribution in [2.45, 2.75) is 25.4 Å². The largest absolute Gasteiger partial charge is 0.381 e. The van der Waals surface area contributed by atoms with E-state index in [9.17, 15) is 9.59 Å². The maximum Gasteiger partial charge on any atom is 0.326 e. The van der Waals surface area contributed by atoms with Gasteiger partial charge in [0.05, 0.1) is 17.1 Å². The zero-order chi connectivity index (χ0) is 16.2. The van der Waals surface area contributed by atoms with Crippen molar-refractivity contribution in [3.63, 3.8) is 0 Å². The maximum absolute atomic E-state index is 12.1. The van der Waals surface area contributed by atoms with Gasteiger partial charge in [-0.2, -0.15) is 0 Å². The average Bonchev–Trinajstić information content (AvgIpc) is 2.90. The molecule has 1 atom stereocenters.